The highest BCUT2D eigenvalue weighted by molar-refractivity contribution is 7.91. The second kappa shape index (κ2) is 6.06. The molecule has 0 radical (unpaired) electrons. The summed E-state index contributed by atoms with van der Waals surface area (Å²) in [5.41, 5.74) is 1.25. The fraction of sp³-hybridized carbons (Fsp3) is 0.600. The highest BCUT2D eigenvalue weighted by atomic mass is 32.2. The first-order valence-electron chi connectivity index (χ1n) is 6.96. The Kier molecular flexibility index (Phi) is 4.63. The first-order chi connectivity index (χ1) is 8.97. The van der Waals surface area contributed by atoms with Crippen LogP contribution in [0.2, 0.25) is 0 Å². The van der Waals surface area contributed by atoms with Crippen LogP contribution >= 0.6 is 0 Å². The molecule has 19 heavy (non-hydrogen) atoms. The highest BCUT2D eigenvalue weighted by Gasteiger charge is 2.29. The summed E-state index contributed by atoms with van der Waals surface area (Å²) in [4.78, 5) is 0. The van der Waals surface area contributed by atoms with Crippen molar-refractivity contribution in [2.24, 2.45) is 0 Å². The summed E-state index contributed by atoms with van der Waals surface area (Å²) < 4.78 is 23.3. The molecule has 0 bridgehead atoms. The van der Waals surface area contributed by atoms with Gasteiger partial charge in [-0.2, -0.15) is 0 Å². The number of nitrogens with one attached hydrogen (secondary N) is 1. The summed E-state index contributed by atoms with van der Waals surface area (Å²) in [5, 5.41) is 3.41. The monoisotopic (exact) mass is 281 g/mol. The molecule has 0 aliphatic heterocycles. The van der Waals surface area contributed by atoms with E-state index < -0.39 is 9.84 Å². The van der Waals surface area contributed by atoms with Crippen molar-refractivity contribution in [3.63, 3.8) is 0 Å². The molecular formula is C15H23NO2S. The lowest BCUT2D eigenvalue weighted by Crippen LogP contribution is -2.39. The Morgan fingerprint density at radius 2 is 1.89 bits per heavy atom. The lowest BCUT2D eigenvalue weighted by molar-refractivity contribution is 0.346. The summed E-state index contributed by atoms with van der Waals surface area (Å²) in [6, 6.07) is 10.9. The molecule has 3 nitrogen and oxygen atoms in total. The highest BCUT2D eigenvalue weighted by Crippen LogP contribution is 2.25. The van der Waals surface area contributed by atoms with Crippen molar-refractivity contribution in [1.82, 2.24) is 5.32 Å². The minimum absolute atomic E-state index is 0.165. The zero-order valence-electron chi connectivity index (χ0n) is 11.7. The average Bonchev–Trinajstić information content (AvgIpc) is 2.39. The van der Waals surface area contributed by atoms with Crippen LogP contribution in [0.15, 0.2) is 30.3 Å². The third-order valence-electron chi connectivity index (χ3n) is 4.02. The molecule has 0 aromatic heterocycles. The fourth-order valence-corrected chi connectivity index (χ4v) is 4.05. The second-order valence-corrected chi connectivity index (χ2v) is 7.94. The minimum atomic E-state index is -2.90. The van der Waals surface area contributed by atoms with Gasteiger partial charge in [0, 0.05) is 18.3 Å². The molecule has 1 aliphatic rings. The minimum Gasteiger partial charge on any atom is -0.307 e. The van der Waals surface area contributed by atoms with Crippen molar-refractivity contribution >= 4 is 9.84 Å². The molecule has 0 amide bonds. The van der Waals surface area contributed by atoms with Gasteiger partial charge in [0.1, 0.15) is 9.84 Å². The van der Waals surface area contributed by atoms with Crippen LogP contribution in [0, 0.1) is 0 Å². The van der Waals surface area contributed by atoms with Crippen molar-refractivity contribution in [3.8, 4) is 0 Å². The lowest BCUT2D eigenvalue weighted by atomic mass is 9.93. The van der Waals surface area contributed by atoms with Gasteiger partial charge < -0.3 is 5.32 Å². The Hall–Kier alpha value is -0.870. The summed E-state index contributed by atoms with van der Waals surface area (Å²) in [7, 11) is -2.90. The molecule has 106 valence electrons. The Morgan fingerprint density at radius 3 is 2.53 bits per heavy atom. The van der Waals surface area contributed by atoms with Crippen molar-refractivity contribution in [1.29, 1.82) is 0 Å². The van der Waals surface area contributed by atoms with E-state index in [9.17, 15) is 8.42 Å². The SMILES string of the molecule is C[C@H](NC1CCCC(S(C)(=O)=O)C1)c1ccccc1. The van der Waals surface area contributed by atoms with Gasteiger partial charge in [-0.15, -0.1) is 0 Å². The van der Waals surface area contributed by atoms with Crippen LogP contribution in [-0.4, -0.2) is 26.0 Å². The van der Waals surface area contributed by atoms with Gasteiger partial charge in [0.05, 0.1) is 5.25 Å². The molecule has 1 fully saturated rings. The molecule has 0 heterocycles. The van der Waals surface area contributed by atoms with Crippen molar-refractivity contribution in [3.05, 3.63) is 35.9 Å². The maximum absolute atomic E-state index is 11.7. The predicted molar refractivity (Wildman–Crippen MR) is 78.9 cm³/mol. The maximum atomic E-state index is 11.7. The van der Waals surface area contributed by atoms with Gasteiger partial charge in [-0.05, 0) is 31.7 Å². The predicted octanol–water partition coefficient (Wildman–Crippen LogP) is 2.69. The summed E-state index contributed by atoms with van der Waals surface area (Å²) >= 11 is 0. The summed E-state index contributed by atoms with van der Waals surface area (Å²) in [6.45, 7) is 2.14. The average molecular weight is 281 g/mol. The molecule has 4 heteroatoms. The lowest BCUT2D eigenvalue weighted by Gasteiger charge is -2.31. The molecule has 0 spiro atoms. The van der Waals surface area contributed by atoms with E-state index in [1.807, 2.05) is 18.2 Å². The molecule has 3 atom stereocenters. The fourth-order valence-electron chi connectivity index (χ4n) is 2.88. The van der Waals surface area contributed by atoms with Gasteiger partial charge >= 0.3 is 0 Å². The quantitative estimate of drug-likeness (QED) is 0.923. The van der Waals surface area contributed by atoms with Crippen molar-refractivity contribution < 1.29 is 8.42 Å². The number of hydrogen-bond donors (Lipinski definition) is 1. The molecule has 0 saturated heterocycles. The Bertz CT molecular complexity index is 498. The van der Waals surface area contributed by atoms with Gasteiger partial charge in [0.15, 0.2) is 0 Å². The molecule has 1 N–H and O–H groups in total. The van der Waals surface area contributed by atoms with E-state index in [0.29, 0.717) is 6.04 Å². The van der Waals surface area contributed by atoms with E-state index >= 15 is 0 Å². The van der Waals surface area contributed by atoms with E-state index in [0.717, 1.165) is 25.7 Å². The molecule has 2 rings (SSSR count). The molecule has 1 aromatic rings. The largest absolute Gasteiger partial charge is 0.307 e. The van der Waals surface area contributed by atoms with Crippen LogP contribution in [0.3, 0.4) is 0 Å². The van der Waals surface area contributed by atoms with Crippen LogP contribution in [0.5, 0.6) is 0 Å². The molecule has 1 aromatic carbocycles. The summed E-state index contributed by atoms with van der Waals surface area (Å²) in [6.07, 6.45) is 4.99. The summed E-state index contributed by atoms with van der Waals surface area (Å²) in [5.74, 6) is 0. The standard InChI is InChI=1S/C15H23NO2S/c1-12(13-7-4-3-5-8-13)16-14-9-6-10-15(11-14)19(2,17)18/h3-5,7-8,12,14-16H,6,9-11H2,1-2H3/t12-,14?,15?/m0/s1. The topological polar surface area (TPSA) is 46.2 Å². The molecule has 1 saturated carbocycles. The van der Waals surface area contributed by atoms with Crippen LogP contribution < -0.4 is 5.32 Å². The number of rotatable bonds is 4. The Balaban J connectivity index is 1.96. The van der Waals surface area contributed by atoms with Crippen molar-refractivity contribution in [2.45, 2.75) is 49.9 Å². The zero-order valence-corrected chi connectivity index (χ0v) is 12.5. The normalized spacial score (nSPS) is 26.0. The van der Waals surface area contributed by atoms with Gasteiger partial charge in [-0.3, -0.25) is 0 Å². The first kappa shape index (κ1) is 14.5. The van der Waals surface area contributed by atoms with Gasteiger partial charge in [0.2, 0.25) is 0 Å². The number of sulfone groups is 1. The Morgan fingerprint density at radius 1 is 1.21 bits per heavy atom. The van der Waals surface area contributed by atoms with E-state index in [1.165, 1.54) is 11.8 Å². The molecule has 1 aliphatic carbocycles. The van der Waals surface area contributed by atoms with E-state index in [1.54, 1.807) is 0 Å². The second-order valence-electron chi connectivity index (χ2n) is 5.61. The molecule has 2 unspecified atom stereocenters. The third-order valence-corrected chi connectivity index (χ3v) is 5.66. The van der Waals surface area contributed by atoms with Gasteiger partial charge in [-0.25, -0.2) is 8.42 Å². The van der Waals surface area contributed by atoms with Crippen LogP contribution in [0.1, 0.15) is 44.2 Å². The maximum Gasteiger partial charge on any atom is 0.150 e. The van der Waals surface area contributed by atoms with Gasteiger partial charge in [-0.1, -0.05) is 36.8 Å². The first-order valence-corrected chi connectivity index (χ1v) is 8.92. The molecular weight excluding hydrogens is 258 g/mol. The third kappa shape index (κ3) is 4.05. The zero-order chi connectivity index (χ0) is 13.9. The van der Waals surface area contributed by atoms with E-state index in [4.69, 9.17) is 0 Å². The van der Waals surface area contributed by atoms with E-state index in [-0.39, 0.29) is 11.3 Å². The van der Waals surface area contributed by atoms with Gasteiger partial charge in [0.25, 0.3) is 0 Å². The number of benzene rings is 1. The van der Waals surface area contributed by atoms with Crippen LogP contribution in [0.25, 0.3) is 0 Å². The smallest absolute Gasteiger partial charge is 0.150 e. The van der Waals surface area contributed by atoms with E-state index in [2.05, 4.69) is 24.4 Å². The van der Waals surface area contributed by atoms with Crippen molar-refractivity contribution in [2.75, 3.05) is 6.26 Å². The number of hydrogen-bond acceptors (Lipinski definition) is 3. The Labute approximate surface area is 116 Å². The van der Waals surface area contributed by atoms with Crippen LogP contribution in [-0.2, 0) is 9.84 Å². The van der Waals surface area contributed by atoms with Crippen LogP contribution in [0.4, 0.5) is 0 Å².